The van der Waals surface area contributed by atoms with Crippen molar-refractivity contribution in [2.45, 2.75) is 45.6 Å². The Hall–Kier alpha value is -0.860. The molecule has 0 aromatic carbocycles. The zero-order valence-electron chi connectivity index (χ0n) is 14.9. The molecule has 1 fully saturated rings. The topological polar surface area (TPSA) is 83.0 Å². The minimum Gasteiger partial charge on any atom is -0.373 e. The van der Waals surface area contributed by atoms with Crippen molar-refractivity contribution in [3.63, 3.8) is 0 Å². The standard InChI is InChI=1S/C15H32N4O3S/c1-5-16-14(18-13-15(3)9-7-12-22-15)17-10-8-11-19(6-2)23(4,20)21/h5-13H2,1-4H3,(H2,16,17,18). The van der Waals surface area contributed by atoms with Crippen LogP contribution < -0.4 is 10.6 Å². The Balaban J connectivity index is 2.41. The Bertz CT molecular complexity index is 473. The van der Waals surface area contributed by atoms with E-state index in [1.807, 2.05) is 13.8 Å². The molecule has 1 heterocycles. The average Bonchev–Trinajstić information content (AvgIpc) is 2.90. The Labute approximate surface area is 140 Å². The number of ether oxygens (including phenoxy) is 1. The SMILES string of the molecule is CCNC(=NCC1(C)CCCO1)NCCCN(CC)S(C)(=O)=O. The van der Waals surface area contributed by atoms with E-state index in [-0.39, 0.29) is 5.60 Å². The molecule has 0 radical (unpaired) electrons. The van der Waals surface area contributed by atoms with Crippen LogP contribution in [0.2, 0.25) is 0 Å². The molecule has 1 saturated heterocycles. The molecule has 0 aliphatic carbocycles. The first-order chi connectivity index (χ1) is 10.8. The molecular weight excluding hydrogens is 316 g/mol. The largest absolute Gasteiger partial charge is 0.373 e. The fraction of sp³-hybridized carbons (Fsp3) is 0.933. The normalized spacial score (nSPS) is 22.6. The quantitative estimate of drug-likeness (QED) is 0.366. The molecule has 0 spiro atoms. The van der Waals surface area contributed by atoms with Crippen LogP contribution in [0.25, 0.3) is 0 Å². The van der Waals surface area contributed by atoms with Crippen LogP contribution in [0.1, 0.15) is 40.0 Å². The smallest absolute Gasteiger partial charge is 0.211 e. The molecule has 1 rings (SSSR count). The van der Waals surface area contributed by atoms with Gasteiger partial charge in [0.05, 0.1) is 18.4 Å². The second kappa shape index (κ2) is 9.44. The molecule has 1 aliphatic heterocycles. The van der Waals surface area contributed by atoms with Crippen LogP contribution in [0.4, 0.5) is 0 Å². The average molecular weight is 349 g/mol. The molecule has 2 N–H and O–H groups in total. The Morgan fingerprint density at radius 1 is 1.35 bits per heavy atom. The summed E-state index contributed by atoms with van der Waals surface area (Å²) in [7, 11) is -3.11. The number of guanidine groups is 1. The maximum atomic E-state index is 11.5. The highest BCUT2D eigenvalue weighted by Gasteiger charge is 2.29. The van der Waals surface area contributed by atoms with Crippen molar-refractivity contribution in [3.05, 3.63) is 0 Å². The number of hydrogen-bond donors (Lipinski definition) is 2. The molecule has 23 heavy (non-hydrogen) atoms. The molecule has 7 nitrogen and oxygen atoms in total. The fourth-order valence-corrected chi connectivity index (χ4v) is 3.50. The second-order valence-corrected chi connectivity index (χ2v) is 8.11. The molecule has 1 atom stereocenters. The first kappa shape index (κ1) is 20.2. The van der Waals surface area contributed by atoms with Crippen molar-refractivity contribution >= 4 is 16.0 Å². The first-order valence-electron chi connectivity index (χ1n) is 8.42. The number of nitrogens with zero attached hydrogens (tertiary/aromatic N) is 2. The molecule has 1 aliphatic rings. The Morgan fingerprint density at radius 2 is 2.09 bits per heavy atom. The van der Waals surface area contributed by atoms with Gasteiger partial charge in [0.2, 0.25) is 10.0 Å². The van der Waals surface area contributed by atoms with Crippen LogP contribution in [0.3, 0.4) is 0 Å². The molecule has 0 amide bonds. The molecule has 0 saturated carbocycles. The summed E-state index contributed by atoms with van der Waals surface area (Å²) in [6.45, 7) is 9.89. The Morgan fingerprint density at radius 3 is 2.61 bits per heavy atom. The summed E-state index contributed by atoms with van der Waals surface area (Å²) in [5.74, 6) is 0.756. The number of sulfonamides is 1. The highest BCUT2D eigenvalue weighted by atomic mass is 32.2. The molecule has 0 aromatic heterocycles. The summed E-state index contributed by atoms with van der Waals surface area (Å²) < 4.78 is 30.3. The molecular formula is C15H32N4O3S. The van der Waals surface area contributed by atoms with Gasteiger partial charge in [0, 0.05) is 32.8 Å². The van der Waals surface area contributed by atoms with Crippen molar-refractivity contribution in [1.29, 1.82) is 0 Å². The van der Waals surface area contributed by atoms with Gasteiger partial charge in [-0.25, -0.2) is 12.7 Å². The van der Waals surface area contributed by atoms with Crippen molar-refractivity contribution in [1.82, 2.24) is 14.9 Å². The van der Waals surface area contributed by atoms with Gasteiger partial charge in [-0.1, -0.05) is 6.92 Å². The summed E-state index contributed by atoms with van der Waals surface area (Å²) in [5, 5.41) is 6.46. The van der Waals surface area contributed by atoms with E-state index < -0.39 is 10.0 Å². The predicted molar refractivity (Wildman–Crippen MR) is 94.3 cm³/mol. The number of hydrogen-bond acceptors (Lipinski definition) is 4. The van der Waals surface area contributed by atoms with E-state index in [0.29, 0.717) is 26.2 Å². The predicted octanol–water partition coefficient (Wildman–Crippen LogP) is 0.782. The van der Waals surface area contributed by atoms with Crippen LogP contribution in [0.5, 0.6) is 0 Å². The lowest BCUT2D eigenvalue weighted by Crippen LogP contribution is -2.40. The molecule has 1 unspecified atom stereocenters. The van der Waals surface area contributed by atoms with Crippen molar-refractivity contribution < 1.29 is 13.2 Å². The number of nitrogens with one attached hydrogen (secondary N) is 2. The third-order valence-corrected chi connectivity index (χ3v) is 5.29. The highest BCUT2D eigenvalue weighted by molar-refractivity contribution is 7.88. The van der Waals surface area contributed by atoms with E-state index in [1.165, 1.54) is 10.6 Å². The third kappa shape index (κ3) is 7.50. The monoisotopic (exact) mass is 348 g/mol. The zero-order valence-corrected chi connectivity index (χ0v) is 15.7. The summed E-state index contributed by atoms with van der Waals surface area (Å²) >= 11 is 0. The van der Waals surface area contributed by atoms with Crippen molar-refractivity contribution in [2.75, 3.05) is 45.6 Å². The van der Waals surface area contributed by atoms with E-state index in [0.717, 1.165) is 38.4 Å². The van der Waals surface area contributed by atoms with Crippen molar-refractivity contribution in [2.24, 2.45) is 4.99 Å². The lowest BCUT2D eigenvalue weighted by atomic mass is 10.0. The van der Waals surface area contributed by atoms with Crippen molar-refractivity contribution in [3.8, 4) is 0 Å². The number of aliphatic imine (C=N–C) groups is 1. The van der Waals surface area contributed by atoms with E-state index in [4.69, 9.17) is 4.74 Å². The summed E-state index contributed by atoms with van der Waals surface area (Å²) in [6.07, 6.45) is 4.11. The lowest BCUT2D eigenvalue weighted by molar-refractivity contribution is 0.0283. The van der Waals surface area contributed by atoms with Crippen LogP contribution in [-0.2, 0) is 14.8 Å². The molecule has 0 bridgehead atoms. The van der Waals surface area contributed by atoms with Crippen LogP contribution in [-0.4, -0.2) is 69.9 Å². The fourth-order valence-electron chi connectivity index (χ4n) is 2.57. The van der Waals surface area contributed by atoms with E-state index in [1.54, 1.807) is 0 Å². The van der Waals surface area contributed by atoms with E-state index >= 15 is 0 Å². The van der Waals surface area contributed by atoms with Crippen LogP contribution in [0, 0.1) is 0 Å². The molecule has 136 valence electrons. The molecule has 0 aromatic rings. The minimum absolute atomic E-state index is 0.155. The minimum atomic E-state index is -3.11. The van der Waals surface area contributed by atoms with Gasteiger partial charge in [0.15, 0.2) is 5.96 Å². The summed E-state index contributed by atoms with van der Waals surface area (Å²) in [4.78, 5) is 4.59. The van der Waals surface area contributed by atoms with E-state index in [9.17, 15) is 8.42 Å². The molecule has 8 heteroatoms. The maximum Gasteiger partial charge on any atom is 0.211 e. The number of rotatable bonds is 9. The van der Waals surface area contributed by atoms with Gasteiger partial charge >= 0.3 is 0 Å². The summed E-state index contributed by atoms with van der Waals surface area (Å²) in [5.41, 5.74) is -0.155. The highest BCUT2D eigenvalue weighted by Crippen LogP contribution is 2.24. The van der Waals surface area contributed by atoms with Gasteiger partial charge in [-0.05, 0) is 33.1 Å². The second-order valence-electron chi connectivity index (χ2n) is 6.13. The van der Waals surface area contributed by atoms with Gasteiger partial charge in [-0.2, -0.15) is 0 Å². The van der Waals surface area contributed by atoms with Gasteiger partial charge in [0.25, 0.3) is 0 Å². The van der Waals surface area contributed by atoms with Gasteiger partial charge in [-0.3, -0.25) is 4.99 Å². The van der Waals surface area contributed by atoms with Gasteiger partial charge in [-0.15, -0.1) is 0 Å². The maximum absolute atomic E-state index is 11.5. The Kier molecular flexibility index (Phi) is 8.28. The lowest BCUT2D eigenvalue weighted by Gasteiger charge is -2.22. The third-order valence-electron chi connectivity index (χ3n) is 3.91. The summed E-state index contributed by atoms with van der Waals surface area (Å²) in [6, 6.07) is 0. The van der Waals surface area contributed by atoms with Gasteiger partial charge < -0.3 is 15.4 Å². The zero-order chi connectivity index (χ0) is 17.3. The van der Waals surface area contributed by atoms with Gasteiger partial charge in [0.1, 0.15) is 0 Å². The van der Waals surface area contributed by atoms with Crippen LogP contribution in [0.15, 0.2) is 4.99 Å². The van der Waals surface area contributed by atoms with Crippen LogP contribution >= 0.6 is 0 Å². The first-order valence-corrected chi connectivity index (χ1v) is 10.3. The van der Waals surface area contributed by atoms with E-state index in [2.05, 4.69) is 22.5 Å².